The van der Waals surface area contributed by atoms with Gasteiger partial charge in [-0.2, -0.15) is 13.2 Å². The Morgan fingerprint density at radius 1 is 1.00 bits per heavy atom. The van der Waals surface area contributed by atoms with Crippen molar-refractivity contribution in [1.29, 1.82) is 0 Å². The number of rotatable bonds is 7. The van der Waals surface area contributed by atoms with E-state index in [4.69, 9.17) is 15.2 Å². The molecule has 0 saturated heterocycles. The second kappa shape index (κ2) is 8.06. The average Bonchev–Trinajstić information content (AvgIpc) is 2.57. The second-order valence-electron chi connectivity index (χ2n) is 5.36. The molecule has 0 spiro atoms. The molecular weight excluding hydrogens is 319 g/mol. The fourth-order valence-electron chi connectivity index (χ4n) is 2.29. The summed E-state index contributed by atoms with van der Waals surface area (Å²) >= 11 is 0. The van der Waals surface area contributed by atoms with Crippen LogP contribution in [0.3, 0.4) is 0 Å². The van der Waals surface area contributed by atoms with Crippen molar-refractivity contribution in [2.75, 3.05) is 13.7 Å². The van der Waals surface area contributed by atoms with E-state index < -0.39 is 11.7 Å². The first-order valence-corrected chi connectivity index (χ1v) is 7.60. The maximum Gasteiger partial charge on any atom is 0.416 e. The number of aryl methyl sites for hydroxylation is 1. The molecule has 130 valence electrons. The second-order valence-corrected chi connectivity index (χ2v) is 5.36. The number of methoxy groups -OCH3 is 1. The van der Waals surface area contributed by atoms with Crippen LogP contribution in [0.5, 0.6) is 11.5 Å². The van der Waals surface area contributed by atoms with Crippen molar-refractivity contribution in [2.45, 2.75) is 25.6 Å². The maximum absolute atomic E-state index is 12.8. The van der Waals surface area contributed by atoms with Crippen LogP contribution in [-0.4, -0.2) is 13.7 Å². The van der Waals surface area contributed by atoms with Crippen molar-refractivity contribution in [3.8, 4) is 11.5 Å². The van der Waals surface area contributed by atoms with Crippen molar-refractivity contribution in [2.24, 2.45) is 5.73 Å². The summed E-state index contributed by atoms with van der Waals surface area (Å²) in [5, 5.41) is 0. The molecule has 0 radical (unpaired) electrons. The molecular formula is C18H20F3NO2. The number of benzene rings is 2. The quantitative estimate of drug-likeness (QED) is 0.823. The molecule has 2 aromatic carbocycles. The van der Waals surface area contributed by atoms with Crippen LogP contribution in [0.2, 0.25) is 0 Å². The lowest BCUT2D eigenvalue weighted by Gasteiger charge is -2.13. The van der Waals surface area contributed by atoms with Gasteiger partial charge in [0.2, 0.25) is 0 Å². The monoisotopic (exact) mass is 339 g/mol. The largest absolute Gasteiger partial charge is 0.493 e. The highest BCUT2D eigenvalue weighted by Gasteiger charge is 2.30. The van der Waals surface area contributed by atoms with E-state index in [-0.39, 0.29) is 6.61 Å². The van der Waals surface area contributed by atoms with Gasteiger partial charge < -0.3 is 15.2 Å². The van der Waals surface area contributed by atoms with Gasteiger partial charge in [-0.15, -0.1) is 0 Å². The predicted octanol–water partition coefficient (Wildman–Crippen LogP) is 4.18. The number of hydrogen-bond acceptors (Lipinski definition) is 3. The van der Waals surface area contributed by atoms with E-state index in [9.17, 15) is 13.2 Å². The fraction of sp³-hybridized carbons (Fsp3) is 0.333. The van der Waals surface area contributed by atoms with Crippen molar-refractivity contribution >= 4 is 0 Å². The topological polar surface area (TPSA) is 44.5 Å². The Kier molecular flexibility index (Phi) is 6.09. The number of alkyl halides is 3. The van der Waals surface area contributed by atoms with E-state index in [0.717, 1.165) is 30.5 Å². The summed E-state index contributed by atoms with van der Waals surface area (Å²) in [6.45, 7) is 0.618. The first kappa shape index (κ1) is 18.1. The SMILES string of the molecule is COc1ccc(CCCN)cc1OCc1cccc(C(F)(F)F)c1. The number of nitrogens with two attached hydrogens (primary N) is 1. The van der Waals surface area contributed by atoms with Gasteiger partial charge in [0.25, 0.3) is 0 Å². The molecule has 0 bridgehead atoms. The smallest absolute Gasteiger partial charge is 0.416 e. The van der Waals surface area contributed by atoms with Gasteiger partial charge in [0, 0.05) is 0 Å². The van der Waals surface area contributed by atoms with Crippen molar-refractivity contribution < 1.29 is 22.6 Å². The number of halogens is 3. The van der Waals surface area contributed by atoms with Crippen LogP contribution < -0.4 is 15.2 Å². The lowest BCUT2D eigenvalue weighted by molar-refractivity contribution is -0.137. The summed E-state index contributed by atoms with van der Waals surface area (Å²) in [6.07, 6.45) is -2.71. The van der Waals surface area contributed by atoms with Gasteiger partial charge in [0.15, 0.2) is 11.5 Å². The van der Waals surface area contributed by atoms with Gasteiger partial charge in [-0.3, -0.25) is 0 Å². The van der Waals surface area contributed by atoms with Crippen LogP contribution >= 0.6 is 0 Å². The third kappa shape index (κ3) is 4.89. The van der Waals surface area contributed by atoms with E-state index in [1.54, 1.807) is 12.1 Å². The molecule has 0 unspecified atom stereocenters. The molecule has 0 atom stereocenters. The van der Waals surface area contributed by atoms with Crippen molar-refractivity contribution in [1.82, 2.24) is 0 Å². The highest BCUT2D eigenvalue weighted by molar-refractivity contribution is 5.43. The Balaban J connectivity index is 2.13. The summed E-state index contributed by atoms with van der Waals surface area (Å²) < 4.78 is 49.2. The maximum atomic E-state index is 12.8. The Morgan fingerprint density at radius 3 is 2.46 bits per heavy atom. The summed E-state index contributed by atoms with van der Waals surface area (Å²) in [6, 6.07) is 10.6. The molecule has 0 aliphatic carbocycles. The molecule has 3 nitrogen and oxygen atoms in total. The van der Waals surface area contributed by atoms with E-state index in [0.29, 0.717) is 23.6 Å². The van der Waals surface area contributed by atoms with Crippen LogP contribution in [0.15, 0.2) is 42.5 Å². The minimum absolute atomic E-state index is 0.0284. The summed E-state index contributed by atoms with van der Waals surface area (Å²) in [5.74, 6) is 1.04. The zero-order valence-corrected chi connectivity index (χ0v) is 13.4. The van der Waals surface area contributed by atoms with Gasteiger partial charge in [0.1, 0.15) is 6.61 Å². The summed E-state index contributed by atoms with van der Waals surface area (Å²) in [4.78, 5) is 0. The first-order valence-electron chi connectivity index (χ1n) is 7.60. The molecule has 0 saturated carbocycles. The average molecular weight is 339 g/mol. The van der Waals surface area contributed by atoms with E-state index in [1.807, 2.05) is 12.1 Å². The zero-order chi connectivity index (χ0) is 17.6. The van der Waals surface area contributed by atoms with Gasteiger partial charge >= 0.3 is 6.18 Å². The number of ether oxygens (including phenoxy) is 2. The van der Waals surface area contributed by atoms with Gasteiger partial charge in [-0.25, -0.2) is 0 Å². The standard InChI is InChI=1S/C18H20F3NO2/c1-23-16-8-7-13(5-3-9-22)11-17(16)24-12-14-4-2-6-15(10-14)18(19,20)21/h2,4,6-8,10-11H,3,5,9,12,22H2,1H3. The van der Waals surface area contributed by atoms with Crippen molar-refractivity contribution in [3.05, 3.63) is 59.2 Å². The zero-order valence-electron chi connectivity index (χ0n) is 13.4. The third-order valence-corrected chi connectivity index (χ3v) is 3.55. The van der Waals surface area contributed by atoms with Gasteiger partial charge in [0.05, 0.1) is 12.7 Å². The van der Waals surface area contributed by atoms with Crippen LogP contribution in [-0.2, 0) is 19.2 Å². The van der Waals surface area contributed by atoms with Crippen LogP contribution in [0.4, 0.5) is 13.2 Å². The third-order valence-electron chi connectivity index (χ3n) is 3.55. The Hall–Kier alpha value is -2.21. The fourth-order valence-corrected chi connectivity index (χ4v) is 2.29. The Bertz CT molecular complexity index is 672. The lowest BCUT2D eigenvalue weighted by Crippen LogP contribution is -2.06. The first-order chi connectivity index (χ1) is 11.4. The molecule has 0 aliphatic heterocycles. The molecule has 0 aliphatic rings. The highest BCUT2D eigenvalue weighted by atomic mass is 19.4. The van der Waals surface area contributed by atoms with Crippen LogP contribution in [0.25, 0.3) is 0 Å². The summed E-state index contributed by atoms with van der Waals surface area (Å²) in [7, 11) is 1.52. The molecule has 0 fully saturated rings. The number of hydrogen-bond donors (Lipinski definition) is 1. The molecule has 0 amide bonds. The van der Waals surface area contributed by atoms with Gasteiger partial charge in [-0.05, 0) is 54.8 Å². The Labute approximate surface area is 139 Å². The van der Waals surface area contributed by atoms with Crippen LogP contribution in [0, 0.1) is 0 Å². The molecule has 0 aromatic heterocycles. The predicted molar refractivity (Wildman–Crippen MR) is 86.1 cm³/mol. The normalized spacial score (nSPS) is 11.4. The molecule has 2 aromatic rings. The summed E-state index contributed by atoms with van der Waals surface area (Å²) in [5.41, 5.74) is 6.30. The van der Waals surface area contributed by atoms with E-state index in [2.05, 4.69) is 0 Å². The molecule has 6 heteroatoms. The Morgan fingerprint density at radius 2 is 1.79 bits per heavy atom. The van der Waals surface area contributed by atoms with E-state index >= 15 is 0 Å². The minimum atomic E-state index is -4.37. The lowest BCUT2D eigenvalue weighted by atomic mass is 10.1. The molecule has 2 rings (SSSR count). The van der Waals surface area contributed by atoms with Gasteiger partial charge in [-0.1, -0.05) is 18.2 Å². The highest BCUT2D eigenvalue weighted by Crippen LogP contribution is 2.31. The molecule has 24 heavy (non-hydrogen) atoms. The minimum Gasteiger partial charge on any atom is -0.493 e. The van der Waals surface area contributed by atoms with E-state index in [1.165, 1.54) is 13.2 Å². The van der Waals surface area contributed by atoms with Crippen LogP contribution in [0.1, 0.15) is 23.1 Å². The molecule has 0 heterocycles. The van der Waals surface area contributed by atoms with Crippen molar-refractivity contribution in [3.63, 3.8) is 0 Å². The molecule has 2 N–H and O–H groups in total.